The van der Waals surface area contributed by atoms with Gasteiger partial charge in [-0.2, -0.15) is 0 Å². The van der Waals surface area contributed by atoms with E-state index in [-0.39, 0.29) is 28.7 Å². The van der Waals surface area contributed by atoms with E-state index in [0.717, 1.165) is 31.7 Å². The summed E-state index contributed by atoms with van der Waals surface area (Å²) in [6.07, 6.45) is 10.3. The van der Waals surface area contributed by atoms with Gasteiger partial charge >= 0.3 is 0 Å². The largest absolute Gasteiger partial charge is 0.504 e. The number of aromatic hydroxyl groups is 1. The van der Waals surface area contributed by atoms with Crippen molar-refractivity contribution in [3.63, 3.8) is 0 Å². The van der Waals surface area contributed by atoms with Gasteiger partial charge in [0.25, 0.3) is 0 Å². The molecule has 4 bridgehead atoms. The van der Waals surface area contributed by atoms with Gasteiger partial charge in [0.2, 0.25) is 0 Å². The summed E-state index contributed by atoms with van der Waals surface area (Å²) < 4.78 is 12.7. The third-order valence-corrected chi connectivity index (χ3v) is 9.16. The first-order valence-electron chi connectivity index (χ1n) is 10.8. The van der Waals surface area contributed by atoms with Gasteiger partial charge in [0.15, 0.2) is 11.5 Å². The van der Waals surface area contributed by atoms with Crippen molar-refractivity contribution in [2.75, 3.05) is 20.2 Å². The normalized spacial score (nSPS) is 47.1. The molecule has 3 N–H and O–H groups in total. The van der Waals surface area contributed by atoms with Crippen LogP contribution in [0.4, 0.5) is 0 Å². The summed E-state index contributed by atoms with van der Waals surface area (Å²) in [5.41, 5.74) is 8.62. The Balaban J connectivity index is 1.51. The van der Waals surface area contributed by atoms with Gasteiger partial charge in [-0.3, -0.25) is 4.90 Å². The molecule has 5 nitrogen and oxygen atoms in total. The fourth-order valence-electron chi connectivity index (χ4n) is 7.83. The van der Waals surface area contributed by atoms with Gasteiger partial charge in [-0.15, -0.1) is 0 Å². The van der Waals surface area contributed by atoms with Gasteiger partial charge in [0.1, 0.15) is 11.7 Å². The molecule has 148 valence electrons. The third-order valence-electron chi connectivity index (χ3n) is 9.16. The fourth-order valence-corrected chi connectivity index (χ4v) is 7.83. The standard InChI is InChI=1S/C23H28N2O3/c1-27-23-7-6-21(11-16(23)24)17-10-14-4-5-15(26)19-18(14)22(21,20(23)28-19)8-9-25(17)12-13-2-3-13/h4-7,13,16-17,20,26H,2-3,8-12,24H2,1H3/t16?,17-,20?,21+,22-,23?/m0/s1. The third kappa shape index (κ3) is 1.51. The van der Waals surface area contributed by atoms with E-state index in [1.54, 1.807) is 7.11 Å². The van der Waals surface area contributed by atoms with Gasteiger partial charge in [-0.25, -0.2) is 0 Å². The highest BCUT2D eigenvalue weighted by Crippen LogP contribution is 2.73. The highest BCUT2D eigenvalue weighted by atomic mass is 16.6. The van der Waals surface area contributed by atoms with E-state index in [1.807, 2.05) is 6.07 Å². The maximum Gasteiger partial charge on any atom is 0.165 e. The Morgan fingerprint density at radius 1 is 1.32 bits per heavy atom. The number of piperidine rings is 1. The molecule has 5 heteroatoms. The van der Waals surface area contributed by atoms with Crippen LogP contribution in [-0.2, 0) is 16.6 Å². The molecule has 3 unspecified atom stereocenters. The molecular weight excluding hydrogens is 352 g/mol. The van der Waals surface area contributed by atoms with E-state index in [1.165, 1.54) is 30.5 Å². The Morgan fingerprint density at radius 2 is 2.18 bits per heavy atom. The van der Waals surface area contributed by atoms with E-state index in [0.29, 0.717) is 11.8 Å². The van der Waals surface area contributed by atoms with Crippen LogP contribution in [0.1, 0.15) is 36.8 Å². The Morgan fingerprint density at radius 3 is 2.93 bits per heavy atom. The first-order valence-corrected chi connectivity index (χ1v) is 10.8. The lowest BCUT2D eigenvalue weighted by Crippen LogP contribution is -2.81. The summed E-state index contributed by atoms with van der Waals surface area (Å²) >= 11 is 0. The lowest BCUT2D eigenvalue weighted by atomic mass is 9.38. The number of fused-ring (bicyclic) bond motifs is 1. The van der Waals surface area contributed by atoms with Crippen molar-refractivity contribution >= 4 is 0 Å². The molecular formula is C23H28N2O3. The van der Waals surface area contributed by atoms with Crippen LogP contribution in [0.3, 0.4) is 0 Å². The Hall–Kier alpha value is -1.56. The first-order chi connectivity index (χ1) is 13.6. The maximum atomic E-state index is 10.7. The van der Waals surface area contributed by atoms with Crippen molar-refractivity contribution in [1.82, 2.24) is 4.90 Å². The smallest absolute Gasteiger partial charge is 0.165 e. The van der Waals surface area contributed by atoms with Crippen molar-refractivity contribution in [1.29, 1.82) is 0 Å². The summed E-state index contributed by atoms with van der Waals surface area (Å²) in [5, 5.41) is 10.7. The van der Waals surface area contributed by atoms with Gasteiger partial charge in [0.05, 0.1) is 5.41 Å². The highest BCUT2D eigenvalue weighted by molar-refractivity contribution is 5.65. The summed E-state index contributed by atoms with van der Waals surface area (Å²) in [7, 11) is 1.76. The number of nitrogens with zero attached hydrogens (tertiary/aromatic N) is 1. The zero-order valence-electron chi connectivity index (χ0n) is 16.4. The van der Waals surface area contributed by atoms with E-state index in [4.69, 9.17) is 15.2 Å². The Kier molecular flexibility index (Phi) is 2.77. The molecule has 28 heavy (non-hydrogen) atoms. The second kappa shape index (κ2) is 4.77. The van der Waals surface area contributed by atoms with Gasteiger partial charge in [-0.1, -0.05) is 18.2 Å². The molecule has 8 rings (SSSR count). The number of nitrogens with two attached hydrogens (primary N) is 1. The molecule has 2 spiro atoms. The molecule has 2 heterocycles. The monoisotopic (exact) mass is 380 g/mol. The maximum absolute atomic E-state index is 10.7. The van der Waals surface area contributed by atoms with Crippen LogP contribution in [0.2, 0.25) is 0 Å². The molecule has 2 saturated carbocycles. The van der Waals surface area contributed by atoms with Crippen LogP contribution < -0.4 is 10.5 Å². The van der Waals surface area contributed by atoms with Crippen molar-refractivity contribution < 1.29 is 14.6 Å². The molecule has 6 atom stereocenters. The number of methoxy groups -OCH3 is 1. The SMILES string of the molecule is COC12C=C[C@@]3(CC1N)[C@@H]1Cc4ccc(O)c5c4[C@@]3(CCN1CC1CC1)C2O5. The minimum Gasteiger partial charge on any atom is -0.504 e. The first kappa shape index (κ1) is 16.3. The van der Waals surface area contributed by atoms with Crippen molar-refractivity contribution in [3.8, 4) is 11.5 Å². The summed E-state index contributed by atoms with van der Waals surface area (Å²) in [6, 6.07) is 4.30. The minimum atomic E-state index is -0.620. The predicted molar refractivity (Wildman–Crippen MR) is 105 cm³/mol. The predicted octanol–water partition coefficient (Wildman–Crippen LogP) is 2.10. The molecule has 1 aromatic carbocycles. The number of rotatable bonds is 3. The molecule has 0 amide bonds. The average Bonchev–Trinajstić information content (AvgIpc) is 3.43. The zero-order valence-corrected chi connectivity index (χ0v) is 16.4. The van der Waals surface area contributed by atoms with Crippen LogP contribution in [0.5, 0.6) is 11.5 Å². The molecule has 7 aliphatic rings. The van der Waals surface area contributed by atoms with E-state index in [2.05, 4.69) is 23.1 Å². The number of hydrogen-bond donors (Lipinski definition) is 2. The van der Waals surface area contributed by atoms with Gasteiger partial charge in [-0.05, 0) is 56.2 Å². The van der Waals surface area contributed by atoms with Crippen LogP contribution in [-0.4, -0.2) is 54.0 Å². The topological polar surface area (TPSA) is 68.0 Å². The second-order valence-corrected chi connectivity index (χ2v) is 10.1. The van der Waals surface area contributed by atoms with E-state index >= 15 is 0 Å². The van der Waals surface area contributed by atoms with Crippen LogP contribution in [0, 0.1) is 11.3 Å². The van der Waals surface area contributed by atoms with Crippen molar-refractivity contribution in [3.05, 3.63) is 35.4 Å². The zero-order chi connectivity index (χ0) is 18.9. The second-order valence-electron chi connectivity index (χ2n) is 10.1. The van der Waals surface area contributed by atoms with E-state index < -0.39 is 5.60 Å². The molecule has 0 aromatic heterocycles. The number of benzene rings is 1. The lowest BCUT2D eigenvalue weighted by molar-refractivity contribution is -0.197. The van der Waals surface area contributed by atoms with Crippen molar-refractivity contribution in [2.45, 2.75) is 61.3 Å². The minimum absolute atomic E-state index is 0.0312. The van der Waals surface area contributed by atoms with Crippen molar-refractivity contribution in [2.24, 2.45) is 17.1 Å². The average molecular weight is 380 g/mol. The van der Waals surface area contributed by atoms with Gasteiger partial charge in [0, 0.05) is 36.7 Å². The molecule has 5 aliphatic carbocycles. The number of ether oxygens (including phenoxy) is 2. The fraction of sp³-hybridized carbons (Fsp3) is 0.652. The Labute approximate surface area is 165 Å². The molecule has 1 aromatic rings. The Bertz CT molecular complexity index is 927. The number of likely N-dealkylation sites (tertiary alicyclic amines) is 1. The number of phenols is 1. The molecule has 1 saturated heterocycles. The molecule has 2 aliphatic heterocycles. The quantitative estimate of drug-likeness (QED) is 0.786. The molecule has 0 radical (unpaired) electrons. The molecule has 3 fully saturated rings. The number of phenolic OH excluding ortho intramolecular Hbond substituents is 1. The number of hydrogen-bond acceptors (Lipinski definition) is 5. The van der Waals surface area contributed by atoms with Gasteiger partial charge < -0.3 is 20.3 Å². The highest BCUT2D eigenvalue weighted by Gasteiger charge is 2.78. The van der Waals surface area contributed by atoms with Crippen LogP contribution >= 0.6 is 0 Å². The summed E-state index contributed by atoms with van der Waals surface area (Å²) in [4.78, 5) is 2.76. The lowest BCUT2D eigenvalue weighted by Gasteiger charge is -2.71. The van der Waals surface area contributed by atoms with E-state index in [9.17, 15) is 5.11 Å². The summed E-state index contributed by atoms with van der Waals surface area (Å²) in [5.74, 6) is 1.83. The van der Waals surface area contributed by atoms with Crippen LogP contribution in [0.15, 0.2) is 24.3 Å². The van der Waals surface area contributed by atoms with Crippen LogP contribution in [0.25, 0.3) is 0 Å². The summed E-state index contributed by atoms with van der Waals surface area (Å²) in [6.45, 7) is 2.31.